The third kappa shape index (κ3) is 3.40. The molecule has 0 aliphatic carbocycles. The van der Waals surface area contributed by atoms with E-state index in [0.717, 1.165) is 5.56 Å². The molecule has 8 heteroatoms. The summed E-state index contributed by atoms with van der Waals surface area (Å²) in [5.41, 5.74) is 1.98. The maximum Gasteiger partial charge on any atom is 0.228 e. The minimum absolute atomic E-state index is 0.0280. The van der Waals surface area contributed by atoms with Gasteiger partial charge in [-0.05, 0) is 24.6 Å². The van der Waals surface area contributed by atoms with Gasteiger partial charge in [0.1, 0.15) is 5.25 Å². The van der Waals surface area contributed by atoms with Crippen LogP contribution in [-0.2, 0) is 19.6 Å². The summed E-state index contributed by atoms with van der Waals surface area (Å²) < 4.78 is 22.7. The number of primary sulfonamides is 1. The van der Waals surface area contributed by atoms with Gasteiger partial charge in [0.15, 0.2) is 0 Å². The maximum absolute atomic E-state index is 12.0. The molecule has 1 fully saturated rings. The van der Waals surface area contributed by atoms with E-state index in [1.54, 1.807) is 18.2 Å². The van der Waals surface area contributed by atoms with Crippen molar-refractivity contribution in [2.45, 2.75) is 25.5 Å². The Bertz CT molecular complexity index is 699. The zero-order chi connectivity index (χ0) is 15.8. The van der Waals surface area contributed by atoms with Gasteiger partial charge in [-0.3, -0.25) is 9.59 Å². The van der Waals surface area contributed by atoms with Gasteiger partial charge >= 0.3 is 0 Å². The number of aryl methyl sites for hydroxylation is 1. The van der Waals surface area contributed by atoms with Crippen LogP contribution >= 0.6 is 0 Å². The lowest BCUT2D eigenvalue weighted by Crippen LogP contribution is -2.32. The van der Waals surface area contributed by atoms with Crippen molar-refractivity contribution in [3.8, 4) is 0 Å². The third-order valence-corrected chi connectivity index (χ3v) is 4.64. The highest BCUT2D eigenvalue weighted by atomic mass is 32.2. The molecule has 0 bridgehead atoms. The van der Waals surface area contributed by atoms with Crippen LogP contribution in [-0.4, -0.2) is 32.0 Å². The van der Waals surface area contributed by atoms with Gasteiger partial charge < -0.3 is 10.2 Å². The van der Waals surface area contributed by atoms with Crippen molar-refractivity contribution < 1.29 is 18.0 Å². The number of nitrogens with zero attached hydrogens (tertiary/aromatic N) is 1. The molecular formula is C13H17N3O4S. The summed E-state index contributed by atoms with van der Waals surface area (Å²) in [5.74, 6) is -0.517. The number of nitrogens with two attached hydrogens (primary N) is 1. The van der Waals surface area contributed by atoms with Crippen LogP contribution in [0, 0.1) is 6.92 Å². The molecule has 0 radical (unpaired) electrons. The van der Waals surface area contributed by atoms with Crippen molar-refractivity contribution in [1.29, 1.82) is 0 Å². The predicted molar refractivity (Wildman–Crippen MR) is 79.3 cm³/mol. The Morgan fingerprint density at radius 2 is 2.10 bits per heavy atom. The molecule has 1 atom stereocenters. The lowest BCUT2D eigenvalue weighted by Gasteiger charge is -2.18. The highest BCUT2D eigenvalue weighted by Crippen LogP contribution is 2.28. The Hall–Kier alpha value is -1.93. The normalized spacial score (nSPS) is 18.9. The molecular weight excluding hydrogens is 294 g/mol. The molecule has 1 aromatic rings. The van der Waals surface area contributed by atoms with Gasteiger partial charge in [0.2, 0.25) is 21.8 Å². The van der Waals surface area contributed by atoms with E-state index in [-0.39, 0.29) is 24.8 Å². The van der Waals surface area contributed by atoms with Crippen molar-refractivity contribution in [1.82, 2.24) is 0 Å². The largest absolute Gasteiger partial charge is 0.326 e. The molecule has 1 unspecified atom stereocenters. The Balaban J connectivity index is 2.30. The zero-order valence-electron chi connectivity index (χ0n) is 11.8. The number of carbonyl (C=O) groups excluding carboxylic acids is 2. The van der Waals surface area contributed by atoms with Gasteiger partial charge in [0.05, 0.1) is 0 Å². The van der Waals surface area contributed by atoms with Gasteiger partial charge in [-0.15, -0.1) is 0 Å². The summed E-state index contributed by atoms with van der Waals surface area (Å²) in [7, 11) is -3.75. The number of carbonyl (C=O) groups is 2. The molecule has 0 saturated carbocycles. The number of sulfonamides is 1. The second-order valence-corrected chi connectivity index (χ2v) is 6.94. The Morgan fingerprint density at radius 3 is 2.62 bits per heavy atom. The molecule has 114 valence electrons. The monoisotopic (exact) mass is 311 g/mol. The van der Waals surface area contributed by atoms with Crippen LogP contribution in [0.15, 0.2) is 18.2 Å². The maximum atomic E-state index is 12.0. The number of nitrogens with one attached hydrogen (secondary N) is 1. The van der Waals surface area contributed by atoms with Crippen LogP contribution in [0.2, 0.25) is 0 Å². The molecule has 1 heterocycles. The fraction of sp³-hybridized carbons (Fsp3) is 0.385. The first-order valence-electron chi connectivity index (χ1n) is 6.38. The predicted octanol–water partition coefficient (Wildman–Crippen LogP) is 0.347. The summed E-state index contributed by atoms with van der Waals surface area (Å²) in [6.07, 6.45) is -0.123. The summed E-state index contributed by atoms with van der Waals surface area (Å²) in [6.45, 7) is 3.25. The first-order valence-corrected chi connectivity index (χ1v) is 7.99. The van der Waals surface area contributed by atoms with E-state index >= 15 is 0 Å². The van der Waals surface area contributed by atoms with Crippen LogP contribution in [0.25, 0.3) is 0 Å². The highest BCUT2D eigenvalue weighted by Gasteiger charge is 2.37. The van der Waals surface area contributed by atoms with Crippen molar-refractivity contribution >= 4 is 33.2 Å². The molecule has 3 N–H and O–H groups in total. The van der Waals surface area contributed by atoms with E-state index in [9.17, 15) is 18.0 Å². The number of hydrogen-bond acceptors (Lipinski definition) is 4. The van der Waals surface area contributed by atoms with Crippen molar-refractivity contribution in [2.75, 3.05) is 16.8 Å². The van der Waals surface area contributed by atoms with Crippen LogP contribution in [0.4, 0.5) is 11.4 Å². The molecule has 1 aliphatic rings. The van der Waals surface area contributed by atoms with Gasteiger partial charge in [-0.25, -0.2) is 13.6 Å². The zero-order valence-corrected chi connectivity index (χ0v) is 12.6. The fourth-order valence-electron chi connectivity index (χ4n) is 2.25. The average molecular weight is 311 g/mol. The summed E-state index contributed by atoms with van der Waals surface area (Å²) in [6, 6.07) is 5.13. The lowest BCUT2D eigenvalue weighted by molar-refractivity contribution is -0.117. The minimum Gasteiger partial charge on any atom is -0.326 e. The van der Waals surface area contributed by atoms with E-state index in [0.29, 0.717) is 11.4 Å². The quantitative estimate of drug-likeness (QED) is 0.839. The van der Waals surface area contributed by atoms with Gasteiger partial charge in [-0.2, -0.15) is 0 Å². The Kier molecular flexibility index (Phi) is 4.02. The first kappa shape index (κ1) is 15.5. The molecule has 0 aromatic heterocycles. The number of hydrogen-bond donors (Lipinski definition) is 2. The molecule has 2 amide bonds. The Labute approximate surface area is 123 Å². The highest BCUT2D eigenvalue weighted by molar-refractivity contribution is 7.89. The molecule has 1 aliphatic heterocycles. The van der Waals surface area contributed by atoms with E-state index in [2.05, 4.69) is 5.32 Å². The van der Waals surface area contributed by atoms with Crippen LogP contribution < -0.4 is 15.4 Å². The number of amides is 2. The number of benzene rings is 1. The second-order valence-electron chi connectivity index (χ2n) is 5.10. The van der Waals surface area contributed by atoms with Crippen LogP contribution in [0.3, 0.4) is 0 Å². The van der Waals surface area contributed by atoms with E-state index in [1.165, 1.54) is 11.8 Å². The number of anilines is 2. The van der Waals surface area contributed by atoms with E-state index in [4.69, 9.17) is 5.14 Å². The molecule has 21 heavy (non-hydrogen) atoms. The minimum atomic E-state index is -3.75. The summed E-state index contributed by atoms with van der Waals surface area (Å²) in [5, 5.41) is 6.88. The Morgan fingerprint density at radius 1 is 1.43 bits per heavy atom. The first-order chi connectivity index (χ1) is 9.68. The van der Waals surface area contributed by atoms with Gasteiger partial charge in [0, 0.05) is 31.3 Å². The summed E-state index contributed by atoms with van der Waals surface area (Å²) >= 11 is 0. The van der Waals surface area contributed by atoms with Gasteiger partial charge in [0.25, 0.3) is 0 Å². The van der Waals surface area contributed by atoms with E-state index in [1.807, 2.05) is 6.92 Å². The SMILES string of the molecule is CC(=O)Nc1cc(N2CC(S(N)(=O)=O)CC2=O)ccc1C. The molecule has 1 aromatic carbocycles. The number of rotatable bonds is 3. The molecule has 0 spiro atoms. The summed E-state index contributed by atoms with van der Waals surface area (Å²) in [4.78, 5) is 24.5. The van der Waals surface area contributed by atoms with Crippen molar-refractivity contribution in [3.05, 3.63) is 23.8 Å². The van der Waals surface area contributed by atoms with E-state index < -0.39 is 15.3 Å². The van der Waals surface area contributed by atoms with Crippen molar-refractivity contribution in [2.24, 2.45) is 5.14 Å². The van der Waals surface area contributed by atoms with Crippen LogP contribution in [0.5, 0.6) is 0 Å². The van der Waals surface area contributed by atoms with Crippen LogP contribution in [0.1, 0.15) is 18.9 Å². The second kappa shape index (κ2) is 5.45. The standard InChI is InChI=1S/C13H17N3O4S/c1-8-3-4-10(5-12(8)15-9(2)17)16-7-11(6-13(16)18)21(14,19)20/h3-5,11H,6-7H2,1-2H3,(H,15,17)(H2,14,19,20). The average Bonchev–Trinajstić information content (AvgIpc) is 2.73. The molecule has 2 rings (SSSR count). The smallest absolute Gasteiger partial charge is 0.228 e. The fourth-order valence-corrected chi connectivity index (χ4v) is 2.98. The van der Waals surface area contributed by atoms with Crippen molar-refractivity contribution in [3.63, 3.8) is 0 Å². The topological polar surface area (TPSA) is 110 Å². The molecule has 1 saturated heterocycles. The van der Waals surface area contributed by atoms with Gasteiger partial charge in [-0.1, -0.05) is 6.07 Å². The third-order valence-electron chi connectivity index (χ3n) is 3.40. The molecule has 7 nitrogen and oxygen atoms in total. The lowest BCUT2D eigenvalue weighted by atomic mass is 10.1.